The molecule has 1 aliphatic carbocycles. The summed E-state index contributed by atoms with van der Waals surface area (Å²) in [4.78, 5) is 14.6. The van der Waals surface area contributed by atoms with Crippen molar-refractivity contribution in [3.05, 3.63) is 12.3 Å². The van der Waals surface area contributed by atoms with E-state index in [9.17, 15) is 0 Å². The molecule has 3 fully saturated rings. The van der Waals surface area contributed by atoms with Crippen LogP contribution in [-0.2, 0) is 0 Å². The first-order chi connectivity index (χ1) is 13.3. The van der Waals surface area contributed by atoms with Crippen molar-refractivity contribution in [3.8, 4) is 0 Å². The Labute approximate surface area is 164 Å². The molecule has 3 atom stereocenters. The van der Waals surface area contributed by atoms with Crippen molar-refractivity contribution in [2.75, 3.05) is 36.4 Å². The lowest BCUT2D eigenvalue weighted by atomic mass is 9.85. The molecule has 1 N–H and O–H groups in total. The third-order valence-corrected chi connectivity index (χ3v) is 6.78. The first kappa shape index (κ1) is 19.0. The van der Waals surface area contributed by atoms with E-state index in [4.69, 9.17) is 4.98 Å². The molecule has 150 valence electrons. The van der Waals surface area contributed by atoms with Gasteiger partial charge < -0.3 is 10.2 Å². The molecule has 0 radical (unpaired) electrons. The van der Waals surface area contributed by atoms with E-state index < -0.39 is 0 Å². The summed E-state index contributed by atoms with van der Waals surface area (Å²) in [6.45, 7) is 7.11. The lowest BCUT2D eigenvalue weighted by Gasteiger charge is -2.41. The number of hydrogen-bond donors (Lipinski definition) is 1. The van der Waals surface area contributed by atoms with Gasteiger partial charge in [-0.2, -0.15) is 4.98 Å². The number of likely N-dealkylation sites (tertiary alicyclic amines) is 1. The largest absolute Gasteiger partial charge is 0.356 e. The molecular formula is C22H37N5. The molecule has 27 heavy (non-hydrogen) atoms. The third kappa shape index (κ3) is 5.13. The number of nitrogens with one attached hydrogen (secondary N) is 1. The predicted molar refractivity (Wildman–Crippen MR) is 112 cm³/mol. The highest BCUT2D eigenvalue weighted by Gasteiger charge is 2.29. The van der Waals surface area contributed by atoms with Crippen molar-refractivity contribution >= 4 is 11.8 Å². The summed E-state index contributed by atoms with van der Waals surface area (Å²) in [6, 6.07) is 3.35. The van der Waals surface area contributed by atoms with E-state index in [0.29, 0.717) is 6.04 Å². The Morgan fingerprint density at radius 3 is 2.63 bits per heavy atom. The number of nitrogens with zero attached hydrogens (tertiary/aromatic N) is 4. The van der Waals surface area contributed by atoms with Crippen molar-refractivity contribution in [1.82, 2.24) is 14.9 Å². The third-order valence-electron chi connectivity index (χ3n) is 6.78. The fraction of sp³-hybridized carbons (Fsp3) is 0.818. The van der Waals surface area contributed by atoms with Gasteiger partial charge in [0.05, 0.1) is 0 Å². The summed E-state index contributed by atoms with van der Waals surface area (Å²) in [5.74, 6) is 2.81. The van der Waals surface area contributed by atoms with Gasteiger partial charge in [0.1, 0.15) is 5.82 Å². The molecule has 5 heteroatoms. The Morgan fingerprint density at radius 1 is 0.963 bits per heavy atom. The Hall–Kier alpha value is -1.36. The summed E-state index contributed by atoms with van der Waals surface area (Å²) in [7, 11) is 0. The summed E-state index contributed by atoms with van der Waals surface area (Å²) < 4.78 is 0. The van der Waals surface area contributed by atoms with Crippen LogP contribution in [0.4, 0.5) is 11.8 Å². The highest BCUT2D eigenvalue weighted by Crippen LogP contribution is 2.29. The summed E-state index contributed by atoms with van der Waals surface area (Å²) >= 11 is 0. The van der Waals surface area contributed by atoms with Crippen LogP contribution in [0.2, 0.25) is 0 Å². The predicted octanol–water partition coefficient (Wildman–Crippen LogP) is 4.31. The monoisotopic (exact) mass is 371 g/mol. The van der Waals surface area contributed by atoms with E-state index in [2.05, 4.69) is 33.1 Å². The summed E-state index contributed by atoms with van der Waals surface area (Å²) in [5.41, 5.74) is 0. The normalized spacial score (nSPS) is 30.7. The van der Waals surface area contributed by atoms with Crippen molar-refractivity contribution in [1.29, 1.82) is 0 Å². The molecular weight excluding hydrogens is 334 g/mol. The van der Waals surface area contributed by atoms with E-state index in [0.717, 1.165) is 43.4 Å². The maximum Gasteiger partial charge on any atom is 0.224 e. The van der Waals surface area contributed by atoms with Gasteiger partial charge in [-0.15, -0.1) is 0 Å². The second kappa shape index (κ2) is 9.22. The lowest BCUT2D eigenvalue weighted by Crippen LogP contribution is -2.48. The molecule has 2 saturated heterocycles. The van der Waals surface area contributed by atoms with Crippen LogP contribution in [0.5, 0.6) is 0 Å². The zero-order chi connectivity index (χ0) is 18.5. The number of rotatable bonds is 4. The SMILES string of the molecule is CC1CCCC(N2CCC[C@H](Nc3nccc(N4CCCCCC4)n3)C2)C1. The van der Waals surface area contributed by atoms with E-state index in [1.165, 1.54) is 70.8 Å². The number of hydrogen-bond acceptors (Lipinski definition) is 5. The van der Waals surface area contributed by atoms with E-state index in [-0.39, 0.29) is 0 Å². The van der Waals surface area contributed by atoms with Gasteiger partial charge in [0.2, 0.25) is 5.95 Å². The van der Waals surface area contributed by atoms with Gasteiger partial charge in [-0.05, 0) is 57.1 Å². The van der Waals surface area contributed by atoms with Crippen LogP contribution in [0, 0.1) is 5.92 Å². The van der Waals surface area contributed by atoms with E-state index in [1.807, 2.05) is 6.20 Å². The zero-order valence-corrected chi connectivity index (χ0v) is 17.1. The molecule has 2 aliphatic heterocycles. The molecule has 3 aliphatic rings. The standard InChI is InChI=1S/C22H37N5/c1-18-8-6-10-20(16-18)27-15-7-9-19(17-27)24-22-23-12-11-21(25-22)26-13-4-2-3-5-14-26/h11-12,18-20H,2-10,13-17H2,1H3,(H,23,24,25)/t18?,19-,20?/m0/s1. The van der Waals surface area contributed by atoms with Gasteiger partial charge in [-0.3, -0.25) is 4.90 Å². The van der Waals surface area contributed by atoms with Crippen LogP contribution >= 0.6 is 0 Å². The summed E-state index contributed by atoms with van der Waals surface area (Å²) in [5, 5.41) is 3.67. The minimum absolute atomic E-state index is 0.482. The molecule has 2 unspecified atom stereocenters. The van der Waals surface area contributed by atoms with Gasteiger partial charge in [0, 0.05) is 37.9 Å². The molecule has 3 heterocycles. The molecule has 1 aromatic rings. The molecule has 5 nitrogen and oxygen atoms in total. The highest BCUT2D eigenvalue weighted by atomic mass is 15.2. The second-order valence-corrected chi connectivity index (χ2v) is 9.04. The Kier molecular flexibility index (Phi) is 6.48. The smallest absolute Gasteiger partial charge is 0.224 e. The van der Waals surface area contributed by atoms with Crippen LogP contribution in [0.1, 0.15) is 71.1 Å². The topological polar surface area (TPSA) is 44.3 Å². The minimum Gasteiger partial charge on any atom is -0.356 e. The fourth-order valence-corrected chi connectivity index (χ4v) is 5.27. The van der Waals surface area contributed by atoms with Gasteiger partial charge in [0.25, 0.3) is 0 Å². The van der Waals surface area contributed by atoms with Gasteiger partial charge in [0.15, 0.2) is 0 Å². The molecule has 0 aromatic carbocycles. The maximum absolute atomic E-state index is 4.87. The molecule has 0 bridgehead atoms. The first-order valence-corrected chi connectivity index (χ1v) is 11.4. The zero-order valence-electron chi connectivity index (χ0n) is 17.1. The van der Waals surface area contributed by atoms with E-state index >= 15 is 0 Å². The molecule has 4 rings (SSSR count). The van der Waals surface area contributed by atoms with Crippen molar-refractivity contribution in [3.63, 3.8) is 0 Å². The summed E-state index contributed by atoms with van der Waals surface area (Å²) in [6.07, 6.45) is 15.3. The number of piperidine rings is 1. The molecule has 1 aromatic heterocycles. The van der Waals surface area contributed by atoms with Gasteiger partial charge >= 0.3 is 0 Å². The van der Waals surface area contributed by atoms with Crippen molar-refractivity contribution in [2.24, 2.45) is 5.92 Å². The number of aromatic nitrogens is 2. The molecule has 1 saturated carbocycles. The average molecular weight is 372 g/mol. The molecule has 0 spiro atoms. The fourth-order valence-electron chi connectivity index (χ4n) is 5.27. The highest BCUT2D eigenvalue weighted by molar-refractivity contribution is 5.43. The second-order valence-electron chi connectivity index (χ2n) is 9.04. The Bertz CT molecular complexity index is 584. The maximum atomic E-state index is 4.87. The van der Waals surface area contributed by atoms with Gasteiger partial charge in [-0.25, -0.2) is 4.98 Å². The van der Waals surface area contributed by atoms with Crippen LogP contribution in [0.15, 0.2) is 12.3 Å². The van der Waals surface area contributed by atoms with Crippen LogP contribution in [0.25, 0.3) is 0 Å². The lowest BCUT2D eigenvalue weighted by molar-refractivity contribution is 0.107. The Balaban J connectivity index is 1.36. The van der Waals surface area contributed by atoms with Crippen LogP contribution < -0.4 is 10.2 Å². The van der Waals surface area contributed by atoms with Crippen LogP contribution in [0.3, 0.4) is 0 Å². The molecule has 0 amide bonds. The van der Waals surface area contributed by atoms with Crippen molar-refractivity contribution in [2.45, 2.75) is 83.2 Å². The minimum atomic E-state index is 0.482. The van der Waals surface area contributed by atoms with Crippen LogP contribution in [-0.4, -0.2) is 53.1 Å². The van der Waals surface area contributed by atoms with E-state index in [1.54, 1.807) is 0 Å². The number of anilines is 2. The quantitative estimate of drug-likeness (QED) is 0.854. The van der Waals surface area contributed by atoms with Crippen molar-refractivity contribution < 1.29 is 0 Å². The first-order valence-electron chi connectivity index (χ1n) is 11.4. The Morgan fingerprint density at radius 2 is 1.81 bits per heavy atom. The van der Waals surface area contributed by atoms with Gasteiger partial charge in [-0.1, -0.05) is 32.6 Å². The average Bonchev–Trinajstić information content (AvgIpc) is 2.98.